The molecule has 184 valence electrons. The van der Waals surface area contributed by atoms with Crippen LogP contribution in [0.3, 0.4) is 0 Å². The fourth-order valence-corrected chi connectivity index (χ4v) is 4.40. The highest BCUT2D eigenvalue weighted by Crippen LogP contribution is 2.24. The first-order chi connectivity index (χ1) is 17.0. The molecule has 0 saturated heterocycles. The number of unbranched alkanes of at least 4 members (excludes halogenated alkanes) is 1. The Bertz CT molecular complexity index is 1090. The van der Waals surface area contributed by atoms with E-state index in [1.165, 1.54) is 0 Å². The van der Waals surface area contributed by atoms with Crippen LogP contribution in [0.4, 0.5) is 0 Å². The first-order valence-electron chi connectivity index (χ1n) is 12.1. The molecule has 1 N–H and O–H groups in total. The molecule has 0 radical (unpaired) electrons. The molecule has 3 rings (SSSR count). The molecule has 35 heavy (non-hydrogen) atoms. The molecule has 0 fully saturated rings. The molecule has 4 nitrogen and oxygen atoms in total. The van der Waals surface area contributed by atoms with Gasteiger partial charge in [-0.1, -0.05) is 103 Å². The number of halogens is 2. The summed E-state index contributed by atoms with van der Waals surface area (Å²) >= 11 is 12.6. The van der Waals surface area contributed by atoms with Crippen molar-refractivity contribution in [3.05, 3.63) is 106 Å². The zero-order chi connectivity index (χ0) is 25.0. The Morgan fingerprint density at radius 2 is 1.57 bits per heavy atom. The normalized spacial score (nSPS) is 11.6. The lowest BCUT2D eigenvalue weighted by atomic mass is 10.0. The van der Waals surface area contributed by atoms with Crippen LogP contribution in [0.2, 0.25) is 10.0 Å². The van der Waals surface area contributed by atoms with E-state index in [-0.39, 0.29) is 18.4 Å². The van der Waals surface area contributed by atoms with Crippen molar-refractivity contribution in [2.24, 2.45) is 0 Å². The Kier molecular flexibility index (Phi) is 10.6. The lowest BCUT2D eigenvalue weighted by Crippen LogP contribution is -2.50. The maximum absolute atomic E-state index is 13.6. The number of carbonyl (C=O) groups excluding carboxylic acids is 2. The van der Waals surface area contributed by atoms with Crippen molar-refractivity contribution in [1.82, 2.24) is 10.2 Å². The van der Waals surface area contributed by atoms with Gasteiger partial charge in [-0.15, -0.1) is 0 Å². The number of hydrogen-bond acceptors (Lipinski definition) is 2. The van der Waals surface area contributed by atoms with Gasteiger partial charge in [0.25, 0.3) is 0 Å². The van der Waals surface area contributed by atoms with Crippen LogP contribution in [-0.2, 0) is 29.0 Å². The van der Waals surface area contributed by atoms with Crippen molar-refractivity contribution in [3.8, 4) is 0 Å². The molecule has 0 saturated carbocycles. The van der Waals surface area contributed by atoms with Crippen LogP contribution in [-0.4, -0.2) is 29.3 Å². The Labute approximate surface area is 218 Å². The number of aryl methyl sites for hydroxylation is 1. The van der Waals surface area contributed by atoms with Gasteiger partial charge in [0, 0.05) is 36.0 Å². The highest BCUT2D eigenvalue weighted by molar-refractivity contribution is 6.35. The maximum atomic E-state index is 13.6. The van der Waals surface area contributed by atoms with Crippen molar-refractivity contribution in [2.75, 3.05) is 6.54 Å². The Balaban J connectivity index is 1.91. The Morgan fingerprint density at radius 3 is 2.20 bits per heavy atom. The highest BCUT2D eigenvalue weighted by atomic mass is 35.5. The molecular formula is C29H32Cl2N2O2. The molecule has 0 aliphatic rings. The molecular weight excluding hydrogens is 479 g/mol. The minimum Gasteiger partial charge on any atom is -0.354 e. The van der Waals surface area contributed by atoms with E-state index in [2.05, 4.69) is 12.2 Å². The van der Waals surface area contributed by atoms with Crippen LogP contribution >= 0.6 is 23.2 Å². The molecule has 0 aliphatic carbocycles. The molecule has 0 unspecified atom stereocenters. The van der Waals surface area contributed by atoms with Crippen molar-refractivity contribution < 1.29 is 9.59 Å². The van der Waals surface area contributed by atoms with Crippen LogP contribution in [0.15, 0.2) is 78.9 Å². The average Bonchev–Trinajstić information content (AvgIpc) is 2.87. The number of hydrogen-bond donors (Lipinski definition) is 1. The van der Waals surface area contributed by atoms with Gasteiger partial charge in [-0.3, -0.25) is 9.59 Å². The van der Waals surface area contributed by atoms with Gasteiger partial charge in [0.1, 0.15) is 6.04 Å². The second-order valence-electron chi connectivity index (χ2n) is 8.59. The van der Waals surface area contributed by atoms with Gasteiger partial charge in [-0.2, -0.15) is 0 Å². The monoisotopic (exact) mass is 510 g/mol. The molecule has 2 amide bonds. The van der Waals surface area contributed by atoms with Gasteiger partial charge in [-0.05, 0) is 41.7 Å². The summed E-state index contributed by atoms with van der Waals surface area (Å²) in [5, 5.41) is 4.04. The number of nitrogens with one attached hydrogen (secondary N) is 1. The fourth-order valence-electron chi connectivity index (χ4n) is 3.93. The molecule has 0 bridgehead atoms. The van der Waals surface area contributed by atoms with Crippen molar-refractivity contribution >= 4 is 35.0 Å². The van der Waals surface area contributed by atoms with Crippen LogP contribution in [0.1, 0.15) is 42.9 Å². The van der Waals surface area contributed by atoms with Crippen LogP contribution in [0, 0.1) is 0 Å². The zero-order valence-electron chi connectivity index (χ0n) is 20.1. The predicted octanol–water partition coefficient (Wildman–Crippen LogP) is 6.48. The summed E-state index contributed by atoms with van der Waals surface area (Å²) in [4.78, 5) is 28.7. The average molecular weight is 511 g/mol. The molecule has 3 aromatic carbocycles. The fraction of sp³-hybridized carbons (Fsp3) is 0.310. The first-order valence-corrected chi connectivity index (χ1v) is 12.8. The van der Waals surface area contributed by atoms with E-state index in [4.69, 9.17) is 23.2 Å². The summed E-state index contributed by atoms with van der Waals surface area (Å²) in [6.07, 6.45) is 3.17. The lowest BCUT2D eigenvalue weighted by molar-refractivity contribution is -0.141. The Morgan fingerprint density at radius 1 is 0.914 bits per heavy atom. The van der Waals surface area contributed by atoms with E-state index in [9.17, 15) is 9.59 Å². The standard InChI is InChI=1S/C29H32Cl2N2O2/c1-2-3-18-32-29(35)27(19-23-12-8-5-9-13-23)33(21-24-15-16-25(30)20-26(24)31)28(34)17-14-22-10-6-4-7-11-22/h4-13,15-16,20,27H,2-3,14,17-19,21H2,1H3,(H,32,35)/t27-/m1/s1. The SMILES string of the molecule is CCCCNC(=O)[C@@H](Cc1ccccc1)N(Cc1ccc(Cl)cc1Cl)C(=O)CCc1ccccc1. The topological polar surface area (TPSA) is 49.4 Å². The van der Waals surface area contributed by atoms with Gasteiger partial charge in [0.2, 0.25) is 11.8 Å². The van der Waals surface area contributed by atoms with Gasteiger partial charge < -0.3 is 10.2 Å². The summed E-state index contributed by atoms with van der Waals surface area (Å²) in [6, 6.07) is 24.3. The van der Waals surface area contributed by atoms with E-state index >= 15 is 0 Å². The lowest BCUT2D eigenvalue weighted by Gasteiger charge is -2.32. The first kappa shape index (κ1) is 26.8. The number of carbonyl (C=O) groups is 2. The van der Waals surface area contributed by atoms with Crippen molar-refractivity contribution in [2.45, 2.75) is 51.6 Å². The third-order valence-corrected chi connectivity index (χ3v) is 6.51. The minimum absolute atomic E-state index is 0.0913. The van der Waals surface area contributed by atoms with Crippen LogP contribution in [0.5, 0.6) is 0 Å². The number of benzene rings is 3. The largest absolute Gasteiger partial charge is 0.354 e. The molecule has 0 aliphatic heterocycles. The quantitative estimate of drug-likeness (QED) is 0.283. The highest BCUT2D eigenvalue weighted by Gasteiger charge is 2.30. The van der Waals surface area contributed by atoms with Gasteiger partial charge in [0.05, 0.1) is 0 Å². The number of rotatable bonds is 12. The molecule has 6 heteroatoms. The van der Waals surface area contributed by atoms with Crippen molar-refractivity contribution in [1.29, 1.82) is 0 Å². The summed E-state index contributed by atoms with van der Waals surface area (Å²) in [5.74, 6) is -0.244. The van der Waals surface area contributed by atoms with E-state index in [1.807, 2.05) is 66.7 Å². The smallest absolute Gasteiger partial charge is 0.243 e. The third-order valence-electron chi connectivity index (χ3n) is 5.93. The summed E-state index contributed by atoms with van der Waals surface area (Å²) in [7, 11) is 0. The van der Waals surface area contributed by atoms with Gasteiger partial charge >= 0.3 is 0 Å². The number of amides is 2. The third kappa shape index (κ3) is 8.41. The molecule has 0 heterocycles. The van der Waals surface area contributed by atoms with E-state index < -0.39 is 6.04 Å². The van der Waals surface area contributed by atoms with Crippen molar-refractivity contribution in [3.63, 3.8) is 0 Å². The maximum Gasteiger partial charge on any atom is 0.243 e. The second kappa shape index (κ2) is 13.9. The van der Waals surface area contributed by atoms with Crippen LogP contribution in [0.25, 0.3) is 0 Å². The van der Waals surface area contributed by atoms with Gasteiger partial charge in [0.15, 0.2) is 0 Å². The summed E-state index contributed by atoms with van der Waals surface area (Å²) < 4.78 is 0. The minimum atomic E-state index is -0.663. The molecule has 1 atom stereocenters. The molecule has 0 spiro atoms. The van der Waals surface area contributed by atoms with Crippen LogP contribution < -0.4 is 5.32 Å². The summed E-state index contributed by atoms with van der Waals surface area (Å²) in [5.41, 5.74) is 2.83. The molecule has 0 aromatic heterocycles. The predicted molar refractivity (Wildman–Crippen MR) is 144 cm³/mol. The van der Waals surface area contributed by atoms with E-state index in [1.54, 1.807) is 17.0 Å². The zero-order valence-corrected chi connectivity index (χ0v) is 21.6. The second-order valence-corrected chi connectivity index (χ2v) is 9.44. The molecule has 3 aromatic rings. The number of nitrogens with zero attached hydrogens (tertiary/aromatic N) is 1. The van der Waals surface area contributed by atoms with Gasteiger partial charge in [-0.25, -0.2) is 0 Å². The van der Waals surface area contributed by atoms with E-state index in [0.29, 0.717) is 35.9 Å². The van der Waals surface area contributed by atoms with E-state index in [0.717, 1.165) is 29.5 Å². The summed E-state index contributed by atoms with van der Waals surface area (Å²) in [6.45, 7) is 2.88. The Hall–Kier alpha value is -2.82.